The van der Waals surface area contributed by atoms with Crippen molar-refractivity contribution < 1.29 is 0 Å². The van der Waals surface area contributed by atoms with E-state index in [1.54, 1.807) is 12.4 Å². The number of nitrogens with two attached hydrogens (primary N) is 2. The first-order valence-electron chi connectivity index (χ1n) is 6.37. The molecule has 21 heavy (non-hydrogen) atoms. The van der Waals surface area contributed by atoms with Gasteiger partial charge in [0.05, 0.1) is 17.6 Å². The van der Waals surface area contributed by atoms with Gasteiger partial charge in [-0.2, -0.15) is 9.97 Å². The number of nitrogens with one attached hydrogen (secondary N) is 1. The Morgan fingerprint density at radius 3 is 2.62 bits per heavy atom. The molecule has 3 heterocycles. The number of nitrogen functional groups attached to an aromatic ring is 2. The van der Waals surface area contributed by atoms with Gasteiger partial charge in [0.2, 0.25) is 5.95 Å². The van der Waals surface area contributed by atoms with Crippen molar-refractivity contribution in [2.45, 2.75) is 13.1 Å². The molecule has 0 aliphatic heterocycles. The third-order valence-electron chi connectivity index (χ3n) is 2.84. The van der Waals surface area contributed by atoms with Crippen LogP contribution in [-0.4, -0.2) is 24.9 Å². The van der Waals surface area contributed by atoms with Gasteiger partial charge < -0.3 is 16.8 Å². The van der Waals surface area contributed by atoms with Crippen LogP contribution >= 0.6 is 0 Å². The highest BCUT2D eigenvalue weighted by Crippen LogP contribution is 2.14. The van der Waals surface area contributed by atoms with E-state index in [4.69, 9.17) is 11.5 Å². The molecule has 0 bridgehead atoms. The van der Waals surface area contributed by atoms with E-state index >= 15 is 0 Å². The van der Waals surface area contributed by atoms with Crippen molar-refractivity contribution in [2.75, 3.05) is 11.5 Å². The van der Waals surface area contributed by atoms with E-state index in [9.17, 15) is 0 Å². The second kappa shape index (κ2) is 5.63. The van der Waals surface area contributed by atoms with Crippen LogP contribution in [0.25, 0.3) is 11.2 Å². The van der Waals surface area contributed by atoms with Crippen LogP contribution in [0.2, 0.25) is 0 Å². The fourth-order valence-electron chi connectivity index (χ4n) is 1.89. The zero-order chi connectivity index (χ0) is 14.7. The topological polar surface area (TPSA) is 129 Å². The Morgan fingerprint density at radius 2 is 1.81 bits per heavy atom. The van der Waals surface area contributed by atoms with Gasteiger partial charge in [-0.05, 0) is 12.1 Å². The van der Waals surface area contributed by atoms with Gasteiger partial charge in [0.25, 0.3) is 0 Å². The van der Waals surface area contributed by atoms with Crippen LogP contribution in [0.1, 0.15) is 11.4 Å². The van der Waals surface area contributed by atoms with Crippen LogP contribution in [0.4, 0.5) is 11.8 Å². The lowest BCUT2D eigenvalue weighted by atomic mass is 10.3. The standard InChI is InChI=1S/C13H14N8/c14-11-10-12(21-13(15)20-11)18-7-9(19-10)6-16-5-8-3-1-2-4-17-8/h1-4,7,16H,5-6H2,(H4,14,15,18,20,21). The van der Waals surface area contributed by atoms with Crippen LogP contribution in [0, 0.1) is 0 Å². The molecule has 0 aliphatic rings. The number of aromatic nitrogens is 5. The van der Waals surface area contributed by atoms with Gasteiger partial charge in [-0.15, -0.1) is 0 Å². The summed E-state index contributed by atoms with van der Waals surface area (Å²) >= 11 is 0. The monoisotopic (exact) mass is 282 g/mol. The van der Waals surface area contributed by atoms with Gasteiger partial charge in [0, 0.05) is 19.3 Å². The molecule has 0 atom stereocenters. The molecular weight excluding hydrogens is 268 g/mol. The summed E-state index contributed by atoms with van der Waals surface area (Å²) in [6.07, 6.45) is 3.40. The van der Waals surface area contributed by atoms with Gasteiger partial charge in [-0.25, -0.2) is 9.97 Å². The van der Waals surface area contributed by atoms with E-state index < -0.39 is 0 Å². The van der Waals surface area contributed by atoms with Crippen LogP contribution in [0.15, 0.2) is 30.6 Å². The first-order chi connectivity index (χ1) is 10.2. The van der Waals surface area contributed by atoms with Crippen molar-refractivity contribution in [3.8, 4) is 0 Å². The molecule has 0 unspecified atom stereocenters. The zero-order valence-corrected chi connectivity index (χ0v) is 11.2. The maximum absolute atomic E-state index is 5.78. The highest BCUT2D eigenvalue weighted by molar-refractivity contribution is 5.81. The Balaban J connectivity index is 1.73. The predicted octanol–water partition coefficient (Wildman–Crippen LogP) is 0.269. The number of anilines is 2. The molecule has 0 spiro atoms. The fraction of sp³-hybridized carbons (Fsp3) is 0.154. The zero-order valence-electron chi connectivity index (χ0n) is 11.2. The minimum absolute atomic E-state index is 0.0929. The molecule has 106 valence electrons. The van der Waals surface area contributed by atoms with Crippen LogP contribution in [0.5, 0.6) is 0 Å². The van der Waals surface area contributed by atoms with Crippen molar-refractivity contribution >= 4 is 22.9 Å². The van der Waals surface area contributed by atoms with E-state index in [1.165, 1.54) is 0 Å². The Morgan fingerprint density at radius 1 is 0.952 bits per heavy atom. The van der Waals surface area contributed by atoms with Gasteiger partial charge in [-0.3, -0.25) is 4.98 Å². The number of hydrogen-bond acceptors (Lipinski definition) is 8. The molecule has 8 nitrogen and oxygen atoms in total. The van der Waals surface area contributed by atoms with Crippen LogP contribution < -0.4 is 16.8 Å². The predicted molar refractivity (Wildman–Crippen MR) is 78.7 cm³/mol. The summed E-state index contributed by atoms with van der Waals surface area (Å²) < 4.78 is 0. The van der Waals surface area contributed by atoms with E-state index in [2.05, 4.69) is 30.2 Å². The van der Waals surface area contributed by atoms with Gasteiger partial charge in [-0.1, -0.05) is 6.07 Å². The molecule has 0 fully saturated rings. The van der Waals surface area contributed by atoms with Crippen molar-refractivity contribution in [1.82, 2.24) is 30.2 Å². The molecule has 8 heteroatoms. The smallest absolute Gasteiger partial charge is 0.224 e. The number of nitrogens with zero attached hydrogens (tertiary/aromatic N) is 5. The second-order valence-corrected chi connectivity index (χ2v) is 4.43. The largest absolute Gasteiger partial charge is 0.382 e. The fourth-order valence-corrected chi connectivity index (χ4v) is 1.89. The Bertz CT molecular complexity index is 759. The van der Waals surface area contributed by atoms with Crippen molar-refractivity contribution in [3.05, 3.63) is 42.0 Å². The third kappa shape index (κ3) is 3.00. The quantitative estimate of drug-likeness (QED) is 0.622. The highest BCUT2D eigenvalue weighted by Gasteiger charge is 2.07. The molecule has 0 aromatic carbocycles. The third-order valence-corrected chi connectivity index (χ3v) is 2.84. The van der Waals surface area contributed by atoms with Crippen LogP contribution in [-0.2, 0) is 13.1 Å². The SMILES string of the molecule is Nc1nc(N)c2nc(CNCc3ccccn3)cnc2n1. The summed E-state index contributed by atoms with van der Waals surface area (Å²) in [5, 5.41) is 3.24. The summed E-state index contributed by atoms with van der Waals surface area (Å²) in [5.41, 5.74) is 13.9. The van der Waals surface area contributed by atoms with Gasteiger partial charge >= 0.3 is 0 Å². The van der Waals surface area contributed by atoms with Crippen molar-refractivity contribution in [3.63, 3.8) is 0 Å². The Kier molecular flexibility index (Phi) is 3.52. The summed E-state index contributed by atoms with van der Waals surface area (Å²) in [4.78, 5) is 20.7. The molecule has 3 aromatic heterocycles. The first kappa shape index (κ1) is 13.1. The Labute approximate surface area is 120 Å². The van der Waals surface area contributed by atoms with E-state index in [-0.39, 0.29) is 11.8 Å². The average Bonchev–Trinajstić information content (AvgIpc) is 2.49. The van der Waals surface area contributed by atoms with E-state index in [0.717, 1.165) is 11.4 Å². The molecular formula is C13H14N8. The number of hydrogen-bond donors (Lipinski definition) is 3. The molecule has 3 rings (SSSR count). The summed E-state index contributed by atoms with van der Waals surface area (Å²) in [6, 6.07) is 5.78. The average molecular weight is 282 g/mol. The van der Waals surface area contributed by atoms with Gasteiger partial charge in [0.15, 0.2) is 17.0 Å². The molecule has 0 radical (unpaired) electrons. The van der Waals surface area contributed by atoms with Crippen LogP contribution in [0.3, 0.4) is 0 Å². The Hall–Kier alpha value is -2.87. The lowest BCUT2D eigenvalue weighted by molar-refractivity contribution is 0.667. The summed E-state index contributed by atoms with van der Waals surface area (Å²) in [6.45, 7) is 1.19. The summed E-state index contributed by atoms with van der Waals surface area (Å²) in [5.74, 6) is 0.326. The minimum Gasteiger partial charge on any atom is -0.382 e. The first-order valence-corrected chi connectivity index (χ1v) is 6.37. The maximum atomic E-state index is 5.78. The number of rotatable bonds is 4. The number of pyridine rings is 1. The minimum atomic E-state index is 0.0929. The molecule has 0 saturated heterocycles. The lowest BCUT2D eigenvalue weighted by Gasteiger charge is -2.06. The normalized spacial score (nSPS) is 10.9. The van der Waals surface area contributed by atoms with Gasteiger partial charge in [0.1, 0.15) is 0 Å². The highest BCUT2D eigenvalue weighted by atomic mass is 15.1. The molecule has 0 aliphatic carbocycles. The van der Waals surface area contributed by atoms with E-state index in [1.807, 2.05) is 18.2 Å². The summed E-state index contributed by atoms with van der Waals surface area (Å²) in [7, 11) is 0. The molecule has 0 amide bonds. The maximum Gasteiger partial charge on any atom is 0.224 e. The van der Waals surface area contributed by atoms with Crippen molar-refractivity contribution in [2.24, 2.45) is 0 Å². The van der Waals surface area contributed by atoms with E-state index in [0.29, 0.717) is 24.3 Å². The molecule has 5 N–H and O–H groups in total. The lowest BCUT2D eigenvalue weighted by Crippen LogP contribution is -2.15. The van der Waals surface area contributed by atoms with Crippen molar-refractivity contribution in [1.29, 1.82) is 0 Å². The number of fused-ring (bicyclic) bond motifs is 1. The molecule has 0 saturated carbocycles. The second-order valence-electron chi connectivity index (χ2n) is 4.43. The molecule has 3 aromatic rings.